The van der Waals surface area contributed by atoms with Gasteiger partial charge in [-0.25, -0.2) is 4.79 Å². The van der Waals surface area contributed by atoms with Gasteiger partial charge in [-0.2, -0.15) is 11.8 Å². The summed E-state index contributed by atoms with van der Waals surface area (Å²) in [6.07, 6.45) is 6.41. The maximum atomic E-state index is 11.6. The average molecular weight is 304 g/mol. The van der Waals surface area contributed by atoms with Crippen molar-refractivity contribution >= 4 is 17.9 Å². The first-order valence-corrected chi connectivity index (χ1v) is 8.97. The highest BCUT2D eigenvalue weighted by Gasteiger charge is 2.17. The summed E-state index contributed by atoms with van der Waals surface area (Å²) in [5.41, 5.74) is -0.435. The van der Waals surface area contributed by atoms with E-state index in [-0.39, 0.29) is 6.09 Å². The van der Waals surface area contributed by atoms with Gasteiger partial charge in [-0.1, -0.05) is 13.3 Å². The van der Waals surface area contributed by atoms with Crippen molar-refractivity contribution in [2.45, 2.75) is 65.0 Å². The van der Waals surface area contributed by atoms with Crippen molar-refractivity contribution in [1.29, 1.82) is 0 Å². The van der Waals surface area contributed by atoms with E-state index in [1.165, 1.54) is 18.6 Å². The first kappa shape index (κ1) is 19.6. The van der Waals surface area contributed by atoms with Gasteiger partial charge >= 0.3 is 6.09 Å². The monoisotopic (exact) mass is 304 g/mol. The van der Waals surface area contributed by atoms with E-state index in [1.54, 1.807) is 0 Å². The summed E-state index contributed by atoms with van der Waals surface area (Å²) in [6.45, 7) is 9.43. The van der Waals surface area contributed by atoms with E-state index in [2.05, 4.69) is 23.8 Å². The van der Waals surface area contributed by atoms with Gasteiger partial charge in [0.1, 0.15) is 5.60 Å². The fraction of sp³-hybridized carbons (Fsp3) is 0.933. The van der Waals surface area contributed by atoms with Gasteiger partial charge in [0.15, 0.2) is 0 Å². The van der Waals surface area contributed by atoms with Gasteiger partial charge in [-0.15, -0.1) is 0 Å². The summed E-state index contributed by atoms with van der Waals surface area (Å²) in [6, 6.07) is 0.335. The molecule has 0 aliphatic rings. The molecule has 1 unspecified atom stereocenters. The molecule has 0 aromatic heterocycles. The Balaban J connectivity index is 3.86. The lowest BCUT2D eigenvalue weighted by Gasteiger charge is -2.22. The van der Waals surface area contributed by atoms with Crippen LogP contribution in [0.1, 0.15) is 53.4 Å². The molecular weight excluding hydrogens is 272 g/mol. The maximum absolute atomic E-state index is 11.6. The number of carbonyl (C=O) groups is 1. The van der Waals surface area contributed by atoms with Crippen molar-refractivity contribution in [2.24, 2.45) is 0 Å². The number of carbonyl (C=O) groups excluding carboxylic acids is 1. The van der Waals surface area contributed by atoms with Crippen molar-refractivity contribution in [1.82, 2.24) is 10.6 Å². The molecule has 0 saturated heterocycles. The Labute approximate surface area is 128 Å². The first-order valence-electron chi connectivity index (χ1n) is 7.58. The van der Waals surface area contributed by atoms with E-state index in [0.29, 0.717) is 12.6 Å². The lowest BCUT2D eigenvalue weighted by atomic mass is 10.1. The third kappa shape index (κ3) is 12.6. The molecule has 4 nitrogen and oxygen atoms in total. The summed E-state index contributed by atoms with van der Waals surface area (Å²) in [5, 5.41) is 6.37. The number of hydrogen-bond donors (Lipinski definition) is 2. The van der Waals surface area contributed by atoms with Crippen LogP contribution >= 0.6 is 11.8 Å². The minimum absolute atomic E-state index is 0.331. The van der Waals surface area contributed by atoms with Crippen LogP contribution in [0.15, 0.2) is 0 Å². The second kappa shape index (κ2) is 11.3. The van der Waals surface area contributed by atoms with Crippen LogP contribution in [0.5, 0.6) is 0 Å². The Morgan fingerprint density at radius 3 is 2.55 bits per heavy atom. The van der Waals surface area contributed by atoms with Gasteiger partial charge in [0.2, 0.25) is 0 Å². The minimum atomic E-state index is -0.435. The zero-order valence-corrected chi connectivity index (χ0v) is 14.6. The normalized spacial score (nSPS) is 13.1. The third-order valence-corrected chi connectivity index (χ3v) is 3.43. The number of nitrogens with one attached hydrogen (secondary N) is 2. The predicted octanol–water partition coefficient (Wildman–Crippen LogP) is 3.41. The number of rotatable bonds is 10. The van der Waals surface area contributed by atoms with Crippen LogP contribution in [0.2, 0.25) is 0 Å². The molecule has 0 rings (SSSR count). The number of ether oxygens (including phenoxy) is 1. The molecule has 0 radical (unpaired) electrons. The van der Waals surface area contributed by atoms with Gasteiger partial charge in [0.05, 0.1) is 0 Å². The molecule has 0 spiro atoms. The SMILES string of the molecule is CCCC(CNC(=O)OC(C)(C)C)NCCCCSC. The van der Waals surface area contributed by atoms with Crippen LogP contribution in [-0.4, -0.2) is 42.8 Å². The van der Waals surface area contributed by atoms with E-state index in [9.17, 15) is 4.79 Å². The second-order valence-electron chi connectivity index (χ2n) is 6.02. The standard InChI is InChI=1S/C15H32N2O2S/c1-6-9-13(16-10-7-8-11-20-5)12-17-14(18)19-15(2,3)4/h13,16H,6-12H2,1-5H3,(H,17,18). The molecule has 20 heavy (non-hydrogen) atoms. The molecule has 1 amide bonds. The lowest BCUT2D eigenvalue weighted by Crippen LogP contribution is -2.43. The van der Waals surface area contributed by atoms with Crippen LogP contribution < -0.4 is 10.6 Å². The molecule has 2 N–H and O–H groups in total. The van der Waals surface area contributed by atoms with Gasteiger partial charge in [-0.3, -0.25) is 0 Å². The fourth-order valence-electron chi connectivity index (χ4n) is 1.82. The first-order chi connectivity index (χ1) is 9.39. The number of thioether (sulfide) groups is 1. The number of alkyl carbamates (subject to hydrolysis) is 1. The van der Waals surface area contributed by atoms with Crippen molar-refractivity contribution in [3.8, 4) is 0 Å². The van der Waals surface area contributed by atoms with E-state index >= 15 is 0 Å². The maximum Gasteiger partial charge on any atom is 0.407 e. The molecular formula is C15H32N2O2S. The molecule has 0 aromatic rings. The topological polar surface area (TPSA) is 50.4 Å². The minimum Gasteiger partial charge on any atom is -0.444 e. The predicted molar refractivity (Wildman–Crippen MR) is 88.6 cm³/mol. The van der Waals surface area contributed by atoms with E-state index < -0.39 is 5.60 Å². The number of unbranched alkanes of at least 4 members (excludes halogenated alkanes) is 1. The van der Waals surface area contributed by atoms with Gasteiger partial charge in [0, 0.05) is 12.6 Å². The van der Waals surface area contributed by atoms with E-state index in [1.807, 2.05) is 32.5 Å². The second-order valence-corrected chi connectivity index (χ2v) is 7.01. The number of amides is 1. The average Bonchev–Trinajstić information content (AvgIpc) is 2.33. The Hall–Kier alpha value is -0.420. The van der Waals surface area contributed by atoms with Crippen molar-refractivity contribution in [2.75, 3.05) is 25.1 Å². The lowest BCUT2D eigenvalue weighted by molar-refractivity contribution is 0.0522. The highest BCUT2D eigenvalue weighted by atomic mass is 32.2. The summed E-state index contributed by atoms with van der Waals surface area (Å²) < 4.78 is 5.24. The Bertz CT molecular complexity index is 255. The Morgan fingerprint density at radius 2 is 2.00 bits per heavy atom. The van der Waals surface area contributed by atoms with Gasteiger partial charge in [-0.05, 0) is 58.6 Å². The van der Waals surface area contributed by atoms with E-state index in [4.69, 9.17) is 4.74 Å². The summed E-state index contributed by atoms with van der Waals surface area (Å²) in [5.74, 6) is 1.22. The van der Waals surface area contributed by atoms with Crippen LogP contribution in [0.4, 0.5) is 4.79 Å². The number of hydrogen-bond acceptors (Lipinski definition) is 4. The van der Waals surface area contributed by atoms with Crippen LogP contribution in [0.3, 0.4) is 0 Å². The van der Waals surface area contributed by atoms with Crippen molar-refractivity contribution in [3.05, 3.63) is 0 Å². The van der Waals surface area contributed by atoms with Crippen molar-refractivity contribution in [3.63, 3.8) is 0 Å². The quantitative estimate of drug-likeness (QED) is 0.607. The molecule has 0 bridgehead atoms. The third-order valence-electron chi connectivity index (χ3n) is 2.74. The van der Waals surface area contributed by atoms with Gasteiger partial charge < -0.3 is 15.4 Å². The van der Waals surface area contributed by atoms with E-state index in [0.717, 1.165) is 19.4 Å². The van der Waals surface area contributed by atoms with Crippen molar-refractivity contribution < 1.29 is 9.53 Å². The molecule has 0 saturated carbocycles. The molecule has 5 heteroatoms. The molecule has 0 heterocycles. The Morgan fingerprint density at radius 1 is 1.30 bits per heavy atom. The smallest absolute Gasteiger partial charge is 0.407 e. The zero-order valence-electron chi connectivity index (χ0n) is 13.8. The zero-order chi connectivity index (χ0) is 15.4. The summed E-state index contributed by atoms with van der Waals surface area (Å²) in [7, 11) is 0. The molecule has 0 aliphatic carbocycles. The summed E-state index contributed by atoms with van der Waals surface area (Å²) >= 11 is 1.89. The molecule has 0 aliphatic heterocycles. The van der Waals surface area contributed by atoms with Crippen LogP contribution in [0.25, 0.3) is 0 Å². The van der Waals surface area contributed by atoms with Crippen LogP contribution in [0, 0.1) is 0 Å². The highest BCUT2D eigenvalue weighted by molar-refractivity contribution is 7.98. The fourth-order valence-corrected chi connectivity index (χ4v) is 2.32. The Kier molecular flexibility index (Phi) is 11.0. The highest BCUT2D eigenvalue weighted by Crippen LogP contribution is 2.06. The molecule has 0 aromatic carbocycles. The molecule has 1 atom stereocenters. The molecule has 0 fully saturated rings. The molecule has 120 valence electrons. The largest absolute Gasteiger partial charge is 0.444 e. The van der Waals surface area contributed by atoms with Crippen LogP contribution in [-0.2, 0) is 4.74 Å². The summed E-state index contributed by atoms with van der Waals surface area (Å²) in [4.78, 5) is 11.6. The van der Waals surface area contributed by atoms with Gasteiger partial charge in [0.25, 0.3) is 0 Å².